The minimum absolute atomic E-state index is 0.187. The Balaban J connectivity index is 4.55. The second-order valence-electron chi connectivity index (χ2n) is 7.18. The molecule has 0 aliphatic carbocycles. The quantitative estimate of drug-likeness (QED) is 0.122. The van der Waals surface area contributed by atoms with E-state index in [0.717, 1.165) is 12.8 Å². The number of methoxy groups -OCH3 is 1. The van der Waals surface area contributed by atoms with Crippen molar-refractivity contribution >= 4 is 23.7 Å². The van der Waals surface area contributed by atoms with Crippen LogP contribution < -0.4 is 5.73 Å². The van der Waals surface area contributed by atoms with Crippen molar-refractivity contribution in [1.82, 2.24) is 0 Å². The van der Waals surface area contributed by atoms with Gasteiger partial charge in [-0.1, -0.05) is 68.4 Å². The minimum atomic E-state index is -1.07. The summed E-state index contributed by atoms with van der Waals surface area (Å²) in [5.74, 6) is -1.20. The summed E-state index contributed by atoms with van der Waals surface area (Å²) in [4.78, 5) is 22.2. The van der Waals surface area contributed by atoms with Gasteiger partial charge in [0, 0.05) is 17.4 Å². The molecule has 0 aliphatic rings. The van der Waals surface area contributed by atoms with Crippen LogP contribution in [-0.4, -0.2) is 52.4 Å². The van der Waals surface area contributed by atoms with Gasteiger partial charge in [-0.2, -0.15) is 0 Å². The van der Waals surface area contributed by atoms with Crippen LogP contribution in [0.4, 0.5) is 0 Å². The van der Waals surface area contributed by atoms with E-state index >= 15 is 0 Å². The van der Waals surface area contributed by atoms with Crippen LogP contribution >= 0.6 is 11.8 Å². The molecule has 7 heteroatoms. The first-order valence-corrected chi connectivity index (χ1v) is 12.0. The van der Waals surface area contributed by atoms with E-state index in [0.29, 0.717) is 12.8 Å². The maximum Gasteiger partial charge on any atom is 0.321 e. The van der Waals surface area contributed by atoms with Crippen LogP contribution in [0.3, 0.4) is 0 Å². The largest absolute Gasteiger partial charge is 0.480 e. The number of aliphatic hydroxyl groups is 1. The average molecular weight is 454 g/mol. The zero-order valence-electron chi connectivity index (χ0n) is 18.8. The molecule has 0 fully saturated rings. The van der Waals surface area contributed by atoms with E-state index < -0.39 is 18.1 Å². The summed E-state index contributed by atoms with van der Waals surface area (Å²) in [7, 11) is 1.33. The lowest BCUT2D eigenvalue weighted by Crippen LogP contribution is -2.34. The van der Waals surface area contributed by atoms with Crippen LogP contribution in [0.5, 0.6) is 0 Å². The zero-order chi connectivity index (χ0) is 23.3. The molecule has 0 saturated carbocycles. The monoisotopic (exact) mass is 453 g/mol. The van der Waals surface area contributed by atoms with E-state index in [4.69, 9.17) is 10.8 Å². The summed E-state index contributed by atoms with van der Waals surface area (Å²) < 4.78 is 4.61. The number of aliphatic hydroxyl groups excluding tert-OH is 1. The topological polar surface area (TPSA) is 110 Å². The Kier molecular flexibility index (Phi) is 18.9. The van der Waals surface area contributed by atoms with E-state index in [1.54, 1.807) is 0 Å². The molecule has 3 atom stereocenters. The Labute approximate surface area is 191 Å². The fraction of sp³-hybridized carbons (Fsp3) is 0.583. The van der Waals surface area contributed by atoms with E-state index in [-0.39, 0.29) is 23.4 Å². The first-order valence-electron chi connectivity index (χ1n) is 10.9. The summed E-state index contributed by atoms with van der Waals surface area (Å²) >= 11 is 1.29. The highest BCUT2D eigenvalue weighted by molar-refractivity contribution is 8.00. The average Bonchev–Trinajstić information content (AvgIpc) is 2.75. The molecule has 0 aromatic carbocycles. The number of carboxylic acid groups (broad SMARTS) is 1. The molecule has 0 aromatic rings. The summed E-state index contributed by atoms with van der Waals surface area (Å²) in [6.07, 6.45) is 22.1. The minimum Gasteiger partial charge on any atom is -0.480 e. The van der Waals surface area contributed by atoms with Crippen molar-refractivity contribution in [1.29, 1.82) is 0 Å². The van der Waals surface area contributed by atoms with Crippen LogP contribution in [0.25, 0.3) is 0 Å². The molecular formula is C24H39NO5S. The Hall–Kier alpha value is -1.83. The molecule has 0 spiro atoms. The van der Waals surface area contributed by atoms with Crippen LogP contribution in [0.1, 0.15) is 58.3 Å². The lowest BCUT2D eigenvalue weighted by Gasteiger charge is -2.20. The number of aliphatic carboxylic acids is 1. The summed E-state index contributed by atoms with van der Waals surface area (Å²) in [5, 5.41) is 19.1. The molecule has 31 heavy (non-hydrogen) atoms. The number of hydrogen-bond acceptors (Lipinski definition) is 6. The number of esters is 1. The third-order valence-electron chi connectivity index (χ3n) is 4.46. The SMILES string of the molecule is CCCCC/C=C\C\C=C/C=C/C=C/[C@@H](SC[C@@H](N)C(=O)O)[C@@H](O)CCCC(=O)OC. The number of ether oxygens (including phenoxy) is 1. The summed E-state index contributed by atoms with van der Waals surface area (Å²) in [6, 6.07) is -0.989. The Morgan fingerprint density at radius 1 is 1.06 bits per heavy atom. The maximum atomic E-state index is 11.2. The molecule has 6 nitrogen and oxygen atoms in total. The van der Waals surface area contributed by atoms with Crippen molar-refractivity contribution in [2.24, 2.45) is 5.73 Å². The number of carboxylic acids is 1. The van der Waals surface area contributed by atoms with Gasteiger partial charge in [0.15, 0.2) is 0 Å². The van der Waals surface area contributed by atoms with Crippen LogP contribution in [0.2, 0.25) is 0 Å². The maximum absolute atomic E-state index is 11.2. The smallest absolute Gasteiger partial charge is 0.321 e. The van der Waals surface area contributed by atoms with Crippen molar-refractivity contribution in [3.63, 3.8) is 0 Å². The molecule has 0 heterocycles. The zero-order valence-corrected chi connectivity index (χ0v) is 19.6. The molecular weight excluding hydrogens is 414 g/mol. The molecule has 0 aromatic heterocycles. The predicted octanol–water partition coefficient (Wildman–Crippen LogP) is 4.40. The highest BCUT2D eigenvalue weighted by atomic mass is 32.2. The molecule has 4 N–H and O–H groups in total. The van der Waals surface area contributed by atoms with E-state index in [2.05, 4.69) is 29.9 Å². The van der Waals surface area contributed by atoms with Crippen molar-refractivity contribution in [3.8, 4) is 0 Å². The molecule has 0 aliphatic heterocycles. The van der Waals surface area contributed by atoms with Crippen molar-refractivity contribution in [2.75, 3.05) is 12.9 Å². The van der Waals surface area contributed by atoms with E-state index in [1.807, 2.05) is 30.4 Å². The van der Waals surface area contributed by atoms with Crippen LogP contribution in [-0.2, 0) is 14.3 Å². The molecule has 0 rings (SSSR count). The fourth-order valence-electron chi connectivity index (χ4n) is 2.57. The Morgan fingerprint density at radius 2 is 1.81 bits per heavy atom. The highest BCUT2D eigenvalue weighted by Gasteiger charge is 2.20. The van der Waals surface area contributed by atoms with Gasteiger partial charge < -0.3 is 20.7 Å². The van der Waals surface area contributed by atoms with Gasteiger partial charge in [-0.3, -0.25) is 9.59 Å². The number of hydrogen-bond donors (Lipinski definition) is 3. The fourth-order valence-corrected chi connectivity index (χ4v) is 3.70. The van der Waals surface area contributed by atoms with E-state index in [1.165, 1.54) is 38.1 Å². The summed E-state index contributed by atoms with van der Waals surface area (Å²) in [5.41, 5.74) is 5.58. The normalized spacial score (nSPS) is 15.2. The summed E-state index contributed by atoms with van der Waals surface area (Å²) in [6.45, 7) is 2.20. The lowest BCUT2D eigenvalue weighted by molar-refractivity contribution is -0.141. The lowest BCUT2D eigenvalue weighted by atomic mass is 10.1. The third kappa shape index (κ3) is 17.5. The van der Waals surface area contributed by atoms with E-state index in [9.17, 15) is 14.7 Å². The molecule has 0 bridgehead atoms. The van der Waals surface area contributed by atoms with Crippen molar-refractivity contribution in [2.45, 2.75) is 75.7 Å². The molecule has 0 unspecified atom stereocenters. The number of thioether (sulfide) groups is 1. The standard InChI is InChI=1S/C24H39NO5S/c1-3-4-5-6-7-8-9-10-11-12-13-14-17-22(31-19-20(25)24(28)29)21(26)16-15-18-23(27)30-2/h7-8,10-14,17,20-22,26H,3-6,9,15-16,18-19,25H2,1-2H3,(H,28,29)/b8-7-,11-10-,13-12+,17-14+/t20-,21+,22-/m1/s1. The third-order valence-corrected chi connectivity index (χ3v) is 5.86. The van der Waals surface area contributed by atoms with Gasteiger partial charge in [0.05, 0.1) is 13.2 Å². The first-order chi connectivity index (χ1) is 14.9. The highest BCUT2D eigenvalue weighted by Crippen LogP contribution is 2.21. The Bertz CT molecular complexity index is 601. The Morgan fingerprint density at radius 3 is 2.48 bits per heavy atom. The van der Waals surface area contributed by atoms with Crippen LogP contribution in [0, 0.1) is 0 Å². The van der Waals surface area contributed by atoms with Crippen molar-refractivity contribution in [3.05, 3.63) is 48.6 Å². The van der Waals surface area contributed by atoms with Gasteiger partial charge in [0.25, 0.3) is 0 Å². The van der Waals surface area contributed by atoms with Gasteiger partial charge in [-0.15, -0.1) is 11.8 Å². The number of nitrogens with two attached hydrogens (primary N) is 1. The van der Waals surface area contributed by atoms with Crippen LogP contribution in [0.15, 0.2) is 48.6 Å². The number of carbonyl (C=O) groups excluding carboxylic acids is 1. The van der Waals surface area contributed by atoms with Crippen molar-refractivity contribution < 1.29 is 24.5 Å². The number of unbranched alkanes of at least 4 members (excludes halogenated alkanes) is 3. The van der Waals surface area contributed by atoms with Gasteiger partial charge >= 0.3 is 11.9 Å². The van der Waals surface area contributed by atoms with Gasteiger partial charge in [-0.05, 0) is 32.1 Å². The first kappa shape index (κ1) is 29.2. The number of carbonyl (C=O) groups is 2. The number of rotatable bonds is 18. The van der Waals surface area contributed by atoms with Gasteiger partial charge in [0.1, 0.15) is 6.04 Å². The molecule has 0 amide bonds. The molecule has 0 saturated heterocycles. The second kappa shape index (κ2) is 20.1. The molecule has 0 radical (unpaired) electrons. The number of allylic oxidation sites excluding steroid dienone is 7. The second-order valence-corrected chi connectivity index (χ2v) is 8.39. The van der Waals surface area contributed by atoms with Gasteiger partial charge in [0.2, 0.25) is 0 Å². The predicted molar refractivity (Wildman–Crippen MR) is 129 cm³/mol. The van der Waals surface area contributed by atoms with Gasteiger partial charge in [-0.25, -0.2) is 0 Å². The molecule has 176 valence electrons.